The molecule has 7 nitrogen and oxygen atoms in total. The zero-order valence-electron chi connectivity index (χ0n) is 18.0. The average Bonchev–Trinajstić information content (AvgIpc) is 3.00. The lowest BCUT2D eigenvalue weighted by atomic mass is 9.75. The molecule has 1 aliphatic carbocycles. The van der Waals surface area contributed by atoms with Crippen LogP contribution in [0.5, 0.6) is 0 Å². The van der Waals surface area contributed by atoms with Gasteiger partial charge in [-0.15, -0.1) is 0 Å². The molecule has 1 fully saturated rings. The van der Waals surface area contributed by atoms with Crippen LogP contribution in [-0.2, 0) is 29.6 Å². The summed E-state index contributed by atoms with van der Waals surface area (Å²) in [4.78, 5) is 14.2. The number of likely N-dealkylation sites (tertiary alicyclic amines) is 1. The van der Waals surface area contributed by atoms with Crippen molar-refractivity contribution in [3.8, 4) is 0 Å². The lowest BCUT2D eigenvalue weighted by Crippen LogP contribution is -2.47. The molecule has 2 heterocycles. The van der Waals surface area contributed by atoms with Crippen LogP contribution in [0, 0.1) is 5.41 Å². The van der Waals surface area contributed by atoms with Gasteiger partial charge in [0.25, 0.3) is 0 Å². The first-order valence-electron chi connectivity index (χ1n) is 9.83. The van der Waals surface area contributed by atoms with Gasteiger partial charge >= 0.3 is 6.09 Å². The molecule has 1 atom stereocenters. The lowest BCUT2D eigenvalue weighted by Gasteiger charge is -2.39. The van der Waals surface area contributed by atoms with Crippen molar-refractivity contribution < 1.29 is 14.1 Å². The molecule has 1 aromatic rings. The zero-order chi connectivity index (χ0) is 20.9. The maximum Gasteiger partial charge on any atom is 0.410 e. The van der Waals surface area contributed by atoms with Gasteiger partial charge in [0, 0.05) is 43.7 Å². The molecule has 3 rings (SSSR count). The predicted molar refractivity (Wildman–Crippen MR) is 111 cm³/mol. The van der Waals surface area contributed by atoms with Gasteiger partial charge in [0.15, 0.2) is 0 Å². The van der Waals surface area contributed by atoms with E-state index in [4.69, 9.17) is 9.13 Å². The van der Waals surface area contributed by atoms with Crippen molar-refractivity contribution in [3.63, 3.8) is 0 Å². The van der Waals surface area contributed by atoms with E-state index in [1.54, 1.807) is 9.58 Å². The summed E-state index contributed by atoms with van der Waals surface area (Å²) in [5, 5.41) is 4.59. The summed E-state index contributed by atoms with van der Waals surface area (Å²) in [5.74, 6) is 0. The summed E-state index contributed by atoms with van der Waals surface area (Å²) in [5.41, 5.74) is 2.21. The highest BCUT2D eigenvalue weighted by atomic mass is 32.2. The highest BCUT2D eigenvalue weighted by Crippen LogP contribution is 2.45. The number of aryl methyl sites for hydroxylation is 1. The van der Waals surface area contributed by atoms with Gasteiger partial charge in [-0.3, -0.25) is 4.68 Å². The third-order valence-electron chi connectivity index (χ3n) is 5.24. The average molecular weight is 409 g/mol. The van der Waals surface area contributed by atoms with Crippen LogP contribution in [-0.4, -0.2) is 54.5 Å². The maximum absolute atomic E-state index is 12.8. The fraction of sp³-hybridized carbons (Fsp3) is 0.750. The van der Waals surface area contributed by atoms with E-state index in [9.17, 15) is 9.35 Å². The fourth-order valence-corrected chi connectivity index (χ4v) is 4.51. The molecule has 0 aromatic carbocycles. The Morgan fingerprint density at radius 1 is 1.25 bits per heavy atom. The Hall–Kier alpha value is -1.54. The van der Waals surface area contributed by atoms with Crippen LogP contribution in [0.2, 0.25) is 0 Å². The van der Waals surface area contributed by atoms with Crippen LogP contribution >= 0.6 is 0 Å². The third kappa shape index (κ3) is 4.22. The number of rotatable bonds is 1. The van der Waals surface area contributed by atoms with Gasteiger partial charge in [-0.2, -0.15) is 5.10 Å². The molecule has 28 heavy (non-hydrogen) atoms. The van der Waals surface area contributed by atoms with Crippen molar-refractivity contribution in [2.45, 2.75) is 71.2 Å². The SMILES string of the molecule is Cn1cc2c(n1)CC1(CCN(C(=O)OC(C)(C)C)CC1)C2=N[S+]([O-])C(C)(C)C. The predicted octanol–water partition coefficient (Wildman–Crippen LogP) is 3.24. The van der Waals surface area contributed by atoms with E-state index in [2.05, 4.69) is 5.10 Å². The van der Waals surface area contributed by atoms with Crippen molar-refractivity contribution in [3.05, 3.63) is 17.5 Å². The van der Waals surface area contributed by atoms with E-state index in [0.29, 0.717) is 13.1 Å². The van der Waals surface area contributed by atoms with Gasteiger partial charge in [0.1, 0.15) is 27.4 Å². The highest BCUT2D eigenvalue weighted by Gasteiger charge is 2.49. The Bertz CT molecular complexity index is 780. The second-order valence-corrected chi connectivity index (χ2v) is 11.8. The Morgan fingerprint density at radius 2 is 1.86 bits per heavy atom. The van der Waals surface area contributed by atoms with Crippen LogP contribution in [0.15, 0.2) is 10.6 Å². The summed E-state index contributed by atoms with van der Waals surface area (Å²) in [6.07, 6.45) is 4.03. The first-order chi connectivity index (χ1) is 12.8. The van der Waals surface area contributed by atoms with Crippen LogP contribution in [0.4, 0.5) is 4.79 Å². The summed E-state index contributed by atoms with van der Waals surface area (Å²) < 4.78 is 24.4. The number of ether oxygens (including phenoxy) is 1. The van der Waals surface area contributed by atoms with Crippen molar-refractivity contribution in [2.24, 2.45) is 16.9 Å². The van der Waals surface area contributed by atoms with E-state index in [-0.39, 0.29) is 11.5 Å². The Kier molecular flexibility index (Phi) is 5.34. The van der Waals surface area contributed by atoms with E-state index in [0.717, 1.165) is 36.2 Å². The molecule has 1 spiro atoms. The van der Waals surface area contributed by atoms with Gasteiger partial charge < -0.3 is 14.2 Å². The largest absolute Gasteiger partial charge is 0.591 e. The molecule has 1 aliphatic heterocycles. The lowest BCUT2D eigenvalue weighted by molar-refractivity contribution is 0.0158. The second kappa shape index (κ2) is 7.06. The molecule has 0 radical (unpaired) electrons. The normalized spacial score (nSPS) is 21.9. The molecule has 1 aromatic heterocycles. The van der Waals surface area contributed by atoms with Crippen LogP contribution in [0.1, 0.15) is 65.6 Å². The van der Waals surface area contributed by atoms with Crippen molar-refractivity contribution in [1.29, 1.82) is 0 Å². The van der Waals surface area contributed by atoms with Crippen LogP contribution in [0.25, 0.3) is 0 Å². The molecule has 0 saturated carbocycles. The van der Waals surface area contributed by atoms with Crippen molar-refractivity contribution in [2.75, 3.05) is 13.1 Å². The van der Waals surface area contributed by atoms with Gasteiger partial charge in [0.05, 0.1) is 5.69 Å². The van der Waals surface area contributed by atoms with Gasteiger partial charge in [-0.1, -0.05) is 4.40 Å². The molecule has 1 amide bonds. The van der Waals surface area contributed by atoms with Crippen LogP contribution < -0.4 is 0 Å². The second-order valence-electron chi connectivity index (χ2n) is 9.89. The number of carbonyl (C=O) groups excluding carboxylic acids is 1. The monoisotopic (exact) mass is 408 g/mol. The third-order valence-corrected chi connectivity index (χ3v) is 6.63. The van der Waals surface area contributed by atoms with E-state index in [1.807, 2.05) is 54.8 Å². The number of carbonyl (C=O) groups is 1. The molecule has 0 bridgehead atoms. The fourth-order valence-electron chi connectivity index (χ4n) is 3.78. The number of piperidine rings is 1. The Labute approximate surface area is 170 Å². The minimum atomic E-state index is -1.34. The summed E-state index contributed by atoms with van der Waals surface area (Å²) in [6, 6.07) is 0. The summed E-state index contributed by atoms with van der Waals surface area (Å²) >= 11 is -1.34. The Balaban J connectivity index is 1.84. The summed E-state index contributed by atoms with van der Waals surface area (Å²) in [6.45, 7) is 12.6. The first-order valence-corrected chi connectivity index (χ1v) is 10.9. The quantitative estimate of drug-likeness (QED) is 0.668. The van der Waals surface area contributed by atoms with E-state index >= 15 is 0 Å². The maximum atomic E-state index is 12.8. The number of hydrogen-bond donors (Lipinski definition) is 0. The smallest absolute Gasteiger partial charge is 0.410 e. The van der Waals surface area contributed by atoms with Crippen LogP contribution in [0.3, 0.4) is 0 Å². The molecule has 0 N–H and O–H groups in total. The standard InChI is InChI=1S/C20H32N4O3S/c1-18(2,3)27-17(25)24-10-8-20(9-11-24)12-15-14(13-23(7)21-15)16(20)22-28(26)19(4,5)6/h13H,8-12H2,1-7H3. The number of fused-ring (bicyclic) bond motifs is 1. The highest BCUT2D eigenvalue weighted by molar-refractivity contribution is 7.91. The van der Waals surface area contributed by atoms with Crippen molar-refractivity contribution >= 4 is 23.2 Å². The summed E-state index contributed by atoms with van der Waals surface area (Å²) in [7, 11) is 1.90. The molecular formula is C20H32N4O3S. The number of aromatic nitrogens is 2. The molecular weight excluding hydrogens is 376 g/mol. The van der Waals surface area contributed by atoms with E-state index in [1.165, 1.54) is 0 Å². The van der Waals surface area contributed by atoms with Gasteiger partial charge in [-0.05, 0) is 54.4 Å². The molecule has 2 aliphatic rings. The topological polar surface area (TPSA) is 82.8 Å². The minimum absolute atomic E-state index is 0.203. The molecule has 156 valence electrons. The number of hydrogen-bond acceptors (Lipinski definition) is 5. The molecule has 1 unspecified atom stereocenters. The molecule has 8 heteroatoms. The number of nitrogens with zero attached hydrogens (tertiary/aromatic N) is 4. The number of amides is 1. The molecule has 1 saturated heterocycles. The Morgan fingerprint density at radius 3 is 2.39 bits per heavy atom. The van der Waals surface area contributed by atoms with Crippen molar-refractivity contribution in [1.82, 2.24) is 14.7 Å². The first kappa shape index (κ1) is 21.2. The van der Waals surface area contributed by atoms with E-state index < -0.39 is 21.7 Å². The minimum Gasteiger partial charge on any atom is -0.591 e. The van der Waals surface area contributed by atoms with Gasteiger partial charge in [0.2, 0.25) is 0 Å². The zero-order valence-corrected chi connectivity index (χ0v) is 18.9. The van der Waals surface area contributed by atoms with Gasteiger partial charge in [-0.25, -0.2) is 4.79 Å².